The molecule has 0 aliphatic carbocycles. The number of hydrogen-bond donors (Lipinski definition) is 2. The molecule has 20 heavy (non-hydrogen) atoms. The highest BCUT2D eigenvalue weighted by Crippen LogP contribution is 2.29. The average Bonchev–Trinajstić information content (AvgIpc) is 2.75. The molecule has 2 N–H and O–H groups in total. The van der Waals surface area contributed by atoms with Crippen LogP contribution in [-0.4, -0.2) is 24.6 Å². The van der Waals surface area contributed by atoms with Gasteiger partial charge in [-0.05, 0) is 45.8 Å². The van der Waals surface area contributed by atoms with Gasteiger partial charge in [0.25, 0.3) is 0 Å². The predicted molar refractivity (Wildman–Crippen MR) is 78.0 cm³/mol. The molecule has 2 rings (SSSR count). The third-order valence-corrected chi connectivity index (χ3v) is 6.40. The van der Waals surface area contributed by atoms with Crippen molar-refractivity contribution in [3.05, 3.63) is 45.2 Å². The number of carbonyl (C=O) groups is 1. The quantitative estimate of drug-likeness (QED) is 0.855. The summed E-state index contributed by atoms with van der Waals surface area (Å²) in [5, 5.41) is 18.3. The van der Waals surface area contributed by atoms with Crippen LogP contribution in [-0.2, 0) is 15.6 Å². The molecule has 0 atom stereocenters. The van der Waals surface area contributed by atoms with E-state index in [9.17, 15) is 18.3 Å². The molecule has 106 valence electrons. The van der Waals surface area contributed by atoms with E-state index < -0.39 is 21.6 Å². The highest BCUT2D eigenvalue weighted by atomic mass is 79.9. The maximum absolute atomic E-state index is 12.1. The number of benzene rings is 1. The van der Waals surface area contributed by atoms with E-state index in [0.29, 0.717) is 9.35 Å². The van der Waals surface area contributed by atoms with Crippen LogP contribution in [0.5, 0.6) is 5.75 Å². The summed E-state index contributed by atoms with van der Waals surface area (Å²) in [6, 6.07) is 6.86. The summed E-state index contributed by atoms with van der Waals surface area (Å²) < 4.78 is 25.2. The number of aromatic carboxylic acids is 1. The van der Waals surface area contributed by atoms with Gasteiger partial charge in [0.2, 0.25) is 0 Å². The minimum absolute atomic E-state index is 0.214. The lowest BCUT2D eigenvalue weighted by Gasteiger charge is -2.05. The van der Waals surface area contributed by atoms with Crippen molar-refractivity contribution >= 4 is 43.1 Å². The number of sulfone groups is 1. The Morgan fingerprint density at radius 3 is 2.45 bits per heavy atom. The Morgan fingerprint density at radius 2 is 1.95 bits per heavy atom. The van der Waals surface area contributed by atoms with Gasteiger partial charge < -0.3 is 10.2 Å². The zero-order valence-corrected chi connectivity index (χ0v) is 13.1. The standard InChI is InChI=1S/C12H9BrO5S2/c13-10-3-4-11(19-10)20(17,18)6-7-1-2-8(12(15)16)9(14)5-7/h1-5,14H,6H2,(H,15,16). The normalized spacial score (nSPS) is 11.4. The third kappa shape index (κ3) is 3.20. The summed E-state index contributed by atoms with van der Waals surface area (Å²) in [6.07, 6.45) is 0. The maximum atomic E-state index is 12.1. The minimum Gasteiger partial charge on any atom is -0.507 e. The molecular weight excluding hydrogens is 368 g/mol. The Labute approximate surface area is 127 Å². The van der Waals surface area contributed by atoms with Crippen LogP contribution in [0.25, 0.3) is 0 Å². The lowest BCUT2D eigenvalue weighted by Crippen LogP contribution is -2.04. The molecule has 0 fully saturated rings. The summed E-state index contributed by atoms with van der Waals surface area (Å²) in [4.78, 5) is 10.8. The number of carboxylic acids is 1. The molecule has 0 bridgehead atoms. The highest BCUT2D eigenvalue weighted by molar-refractivity contribution is 9.11. The summed E-state index contributed by atoms with van der Waals surface area (Å²) >= 11 is 4.29. The van der Waals surface area contributed by atoms with E-state index >= 15 is 0 Å². The van der Waals surface area contributed by atoms with Gasteiger partial charge in [-0.3, -0.25) is 0 Å². The van der Waals surface area contributed by atoms with Crippen molar-refractivity contribution in [2.24, 2.45) is 0 Å². The van der Waals surface area contributed by atoms with Crippen LogP contribution in [0.1, 0.15) is 15.9 Å². The first kappa shape index (κ1) is 15.0. The van der Waals surface area contributed by atoms with Crippen molar-refractivity contribution in [3.8, 4) is 5.75 Å². The summed E-state index contributed by atoms with van der Waals surface area (Å²) in [5.74, 6) is -2.01. The second kappa shape index (κ2) is 5.55. The predicted octanol–water partition coefficient (Wildman–Crippen LogP) is 2.89. The second-order valence-electron chi connectivity index (χ2n) is 3.97. The smallest absolute Gasteiger partial charge is 0.339 e. The molecule has 0 saturated carbocycles. The molecule has 1 heterocycles. The molecule has 0 aliphatic heterocycles. The lowest BCUT2D eigenvalue weighted by molar-refractivity contribution is 0.0693. The maximum Gasteiger partial charge on any atom is 0.339 e. The van der Waals surface area contributed by atoms with Crippen molar-refractivity contribution in [1.82, 2.24) is 0 Å². The van der Waals surface area contributed by atoms with Crippen LogP contribution >= 0.6 is 27.3 Å². The van der Waals surface area contributed by atoms with Crippen LogP contribution in [0.4, 0.5) is 0 Å². The number of aromatic hydroxyl groups is 1. The zero-order valence-electron chi connectivity index (χ0n) is 9.91. The monoisotopic (exact) mass is 376 g/mol. The van der Waals surface area contributed by atoms with E-state index in [1.165, 1.54) is 18.2 Å². The van der Waals surface area contributed by atoms with Gasteiger partial charge in [-0.1, -0.05) is 6.07 Å². The molecule has 5 nitrogen and oxygen atoms in total. The topological polar surface area (TPSA) is 91.7 Å². The van der Waals surface area contributed by atoms with Crippen LogP contribution < -0.4 is 0 Å². The number of rotatable bonds is 4. The number of phenols is 1. The molecule has 1 aromatic carbocycles. The molecule has 0 amide bonds. The summed E-state index contributed by atoms with van der Waals surface area (Å²) in [5.41, 5.74) is 0.0713. The van der Waals surface area contributed by atoms with Crippen molar-refractivity contribution in [3.63, 3.8) is 0 Å². The van der Waals surface area contributed by atoms with Crippen molar-refractivity contribution in [1.29, 1.82) is 0 Å². The first-order chi connectivity index (χ1) is 9.29. The van der Waals surface area contributed by atoms with Gasteiger partial charge in [0.15, 0.2) is 9.84 Å². The lowest BCUT2D eigenvalue weighted by atomic mass is 10.1. The van der Waals surface area contributed by atoms with Crippen LogP contribution in [0, 0.1) is 0 Å². The molecule has 0 unspecified atom stereocenters. The SMILES string of the molecule is O=C(O)c1ccc(CS(=O)(=O)c2ccc(Br)s2)cc1O. The number of halogens is 1. The van der Waals surface area contributed by atoms with E-state index in [1.54, 1.807) is 6.07 Å². The average molecular weight is 377 g/mol. The minimum atomic E-state index is -3.51. The summed E-state index contributed by atoms with van der Waals surface area (Å²) in [7, 11) is -3.51. The zero-order chi connectivity index (χ0) is 14.9. The second-order valence-corrected chi connectivity index (χ2v) is 8.65. The molecule has 0 spiro atoms. The van der Waals surface area contributed by atoms with Gasteiger partial charge in [-0.25, -0.2) is 13.2 Å². The van der Waals surface area contributed by atoms with Crippen molar-refractivity contribution in [2.75, 3.05) is 0 Å². The van der Waals surface area contributed by atoms with Gasteiger partial charge >= 0.3 is 5.97 Å². The van der Waals surface area contributed by atoms with Crippen LogP contribution in [0.2, 0.25) is 0 Å². The van der Waals surface area contributed by atoms with E-state index in [2.05, 4.69) is 15.9 Å². The van der Waals surface area contributed by atoms with Crippen LogP contribution in [0.3, 0.4) is 0 Å². The van der Waals surface area contributed by atoms with Gasteiger partial charge in [0, 0.05) is 0 Å². The molecule has 0 saturated heterocycles. The molecule has 8 heteroatoms. The fourth-order valence-corrected chi connectivity index (χ4v) is 5.03. The Kier molecular flexibility index (Phi) is 4.17. The highest BCUT2D eigenvalue weighted by Gasteiger charge is 2.19. The van der Waals surface area contributed by atoms with E-state index in [4.69, 9.17) is 5.11 Å². The van der Waals surface area contributed by atoms with E-state index in [-0.39, 0.29) is 15.5 Å². The fraction of sp³-hybridized carbons (Fsp3) is 0.0833. The summed E-state index contributed by atoms with van der Waals surface area (Å²) in [6.45, 7) is 0. The number of hydrogen-bond acceptors (Lipinski definition) is 5. The van der Waals surface area contributed by atoms with Gasteiger partial charge in [0.1, 0.15) is 15.5 Å². The molecule has 2 aromatic rings. The molecule has 1 aromatic heterocycles. The third-order valence-electron chi connectivity index (χ3n) is 2.50. The molecule has 0 aliphatic rings. The van der Waals surface area contributed by atoms with Gasteiger partial charge in [-0.2, -0.15) is 0 Å². The Balaban J connectivity index is 2.30. The van der Waals surface area contributed by atoms with Gasteiger partial charge in [-0.15, -0.1) is 11.3 Å². The van der Waals surface area contributed by atoms with Crippen molar-refractivity contribution in [2.45, 2.75) is 9.96 Å². The Morgan fingerprint density at radius 1 is 1.25 bits per heavy atom. The van der Waals surface area contributed by atoms with Crippen molar-refractivity contribution < 1.29 is 23.4 Å². The number of thiophene rings is 1. The number of carboxylic acid groups (broad SMARTS) is 1. The molecular formula is C12H9BrO5S2. The van der Waals surface area contributed by atoms with E-state index in [0.717, 1.165) is 17.4 Å². The Hall–Kier alpha value is -1.38. The largest absolute Gasteiger partial charge is 0.507 e. The Bertz CT molecular complexity index is 764. The first-order valence-electron chi connectivity index (χ1n) is 5.33. The first-order valence-corrected chi connectivity index (χ1v) is 8.59. The fourth-order valence-electron chi connectivity index (χ4n) is 1.60. The van der Waals surface area contributed by atoms with Gasteiger partial charge in [0.05, 0.1) is 9.54 Å². The van der Waals surface area contributed by atoms with Crippen LogP contribution in [0.15, 0.2) is 38.3 Å². The van der Waals surface area contributed by atoms with E-state index in [1.807, 2.05) is 0 Å². The molecule has 0 radical (unpaired) electrons.